The van der Waals surface area contributed by atoms with Crippen molar-refractivity contribution in [3.05, 3.63) is 69.7 Å². The van der Waals surface area contributed by atoms with Crippen molar-refractivity contribution < 1.29 is 19.2 Å². The number of rotatable bonds is 5. The van der Waals surface area contributed by atoms with Crippen LogP contribution in [-0.2, 0) is 4.79 Å². The molecule has 2 N–H and O–H groups in total. The van der Waals surface area contributed by atoms with Crippen LogP contribution in [0.15, 0.2) is 54.1 Å². The number of nitro groups is 1. The lowest BCUT2D eigenvalue weighted by molar-refractivity contribution is -0.385. The van der Waals surface area contributed by atoms with Crippen molar-refractivity contribution in [2.45, 2.75) is 0 Å². The molecular weight excluding hydrogens is 420 g/mol. The van der Waals surface area contributed by atoms with E-state index in [1.165, 1.54) is 35.6 Å². The van der Waals surface area contributed by atoms with E-state index >= 15 is 0 Å². The minimum atomic E-state index is -0.534. The van der Waals surface area contributed by atoms with E-state index < -0.39 is 10.8 Å². The molecular formula is C21H14N4O5S. The minimum Gasteiger partial charge on any atom is -0.454 e. The number of fused-ring (bicyclic) bond motifs is 2. The number of aromatic nitrogens is 2. The lowest BCUT2D eigenvalue weighted by Gasteiger charge is -2.01. The van der Waals surface area contributed by atoms with Crippen LogP contribution in [-0.4, -0.2) is 27.6 Å². The second kappa shape index (κ2) is 7.58. The highest BCUT2D eigenvalue weighted by atomic mass is 32.1. The zero-order chi connectivity index (χ0) is 21.4. The second-order valence-corrected chi connectivity index (χ2v) is 7.49. The van der Waals surface area contributed by atoms with Crippen LogP contribution in [0.25, 0.3) is 28.2 Å². The summed E-state index contributed by atoms with van der Waals surface area (Å²) in [5.74, 6) is 0.252. The Balaban J connectivity index is 1.34. The summed E-state index contributed by atoms with van der Waals surface area (Å²) in [5.41, 5.74) is 2.75. The largest absolute Gasteiger partial charge is 0.454 e. The molecule has 10 heteroatoms. The van der Waals surface area contributed by atoms with Crippen molar-refractivity contribution in [3.8, 4) is 22.8 Å². The smallest absolute Gasteiger partial charge is 0.280 e. The number of H-pyrrole nitrogens is 1. The lowest BCUT2D eigenvalue weighted by Crippen LogP contribution is -2.07. The molecule has 2 aromatic heterocycles. The number of para-hydroxylation sites is 1. The van der Waals surface area contributed by atoms with Gasteiger partial charge in [-0.1, -0.05) is 18.2 Å². The fourth-order valence-corrected chi connectivity index (χ4v) is 4.00. The zero-order valence-electron chi connectivity index (χ0n) is 15.8. The average Bonchev–Trinajstić information content (AvgIpc) is 3.50. The molecule has 1 amide bonds. The molecule has 0 aliphatic carbocycles. The van der Waals surface area contributed by atoms with E-state index in [-0.39, 0.29) is 18.0 Å². The van der Waals surface area contributed by atoms with E-state index in [4.69, 9.17) is 9.47 Å². The first-order chi connectivity index (χ1) is 15.1. The Morgan fingerprint density at radius 2 is 2.06 bits per heavy atom. The van der Waals surface area contributed by atoms with Crippen LogP contribution in [0.3, 0.4) is 0 Å². The van der Waals surface area contributed by atoms with Gasteiger partial charge < -0.3 is 14.5 Å². The molecule has 0 spiro atoms. The third-order valence-electron chi connectivity index (χ3n) is 4.73. The second-order valence-electron chi connectivity index (χ2n) is 6.63. The Labute approximate surface area is 179 Å². The Bertz CT molecular complexity index is 1360. The topological polar surface area (TPSA) is 119 Å². The van der Waals surface area contributed by atoms with Crippen molar-refractivity contribution in [2.75, 3.05) is 12.1 Å². The molecule has 1 aliphatic heterocycles. The van der Waals surface area contributed by atoms with Gasteiger partial charge in [0.15, 0.2) is 16.6 Å². The van der Waals surface area contributed by atoms with Crippen molar-refractivity contribution in [2.24, 2.45) is 0 Å². The van der Waals surface area contributed by atoms with Crippen LogP contribution < -0.4 is 14.8 Å². The number of anilines is 1. The number of carbonyl (C=O) groups is 1. The van der Waals surface area contributed by atoms with Gasteiger partial charge >= 0.3 is 0 Å². The first-order valence-electron chi connectivity index (χ1n) is 9.17. The number of hydrogen-bond donors (Lipinski definition) is 2. The van der Waals surface area contributed by atoms with E-state index in [1.807, 2.05) is 35.8 Å². The quantitative estimate of drug-likeness (QED) is 0.270. The Morgan fingerprint density at radius 1 is 1.26 bits per heavy atom. The highest BCUT2D eigenvalue weighted by Gasteiger charge is 2.22. The molecule has 5 rings (SSSR count). The molecule has 0 saturated carbocycles. The molecule has 9 nitrogen and oxygen atoms in total. The normalized spacial score (nSPS) is 12.5. The highest BCUT2D eigenvalue weighted by molar-refractivity contribution is 7.14. The monoisotopic (exact) mass is 434 g/mol. The standard InChI is InChI=1S/C21H14N4O5S/c26-20(6-5-12-7-18-19(30-11-29-18)8-17(12)25(27)28)24-21-23-16(10-31-21)14-9-22-15-4-2-1-3-13(14)15/h1-10,22H,11H2,(H,23,24,26)/b6-5+. The number of nitrogens with zero attached hydrogens (tertiary/aromatic N) is 2. The first-order valence-corrected chi connectivity index (χ1v) is 10.1. The Morgan fingerprint density at radius 3 is 2.90 bits per heavy atom. The summed E-state index contributed by atoms with van der Waals surface area (Å²) in [6, 6.07) is 10.6. The van der Waals surface area contributed by atoms with Gasteiger partial charge in [-0.25, -0.2) is 4.98 Å². The van der Waals surface area contributed by atoms with E-state index in [2.05, 4.69) is 15.3 Å². The van der Waals surface area contributed by atoms with Crippen LogP contribution in [0.2, 0.25) is 0 Å². The van der Waals surface area contributed by atoms with Crippen molar-refractivity contribution >= 4 is 45.0 Å². The fraction of sp³-hybridized carbons (Fsp3) is 0.0476. The van der Waals surface area contributed by atoms with Gasteiger partial charge in [-0.3, -0.25) is 20.2 Å². The first kappa shape index (κ1) is 18.8. The Kier molecular flexibility index (Phi) is 4.60. The molecule has 0 radical (unpaired) electrons. The number of nitro benzene ring substituents is 1. The predicted octanol–water partition coefficient (Wildman–Crippen LogP) is 4.58. The highest BCUT2D eigenvalue weighted by Crippen LogP contribution is 2.38. The van der Waals surface area contributed by atoms with Gasteiger partial charge in [0.05, 0.1) is 22.2 Å². The van der Waals surface area contributed by atoms with Crippen LogP contribution >= 0.6 is 11.3 Å². The summed E-state index contributed by atoms with van der Waals surface area (Å²) < 4.78 is 10.4. The number of ether oxygens (including phenoxy) is 2. The summed E-state index contributed by atoms with van der Waals surface area (Å²) >= 11 is 1.30. The summed E-state index contributed by atoms with van der Waals surface area (Å²) in [6.07, 6.45) is 4.46. The van der Waals surface area contributed by atoms with E-state index in [0.717, 1.165) is 22.2 Å². The number of hydrogen-bond acceptors (Lipinski definition) is 7. The molecule has 0 saturated heterocycles. The maximum atomic E-state index is 12.3. The predicted molar refractivity (Wildman–Crippen MR) is 116 cm³/mol. The fourth-order valence-electron chi connectivity index (χ4n) is 3.29. The van der Waals surface area contributed by atoms with Crippen molar-refractivity contribution in [3.63, 3.8) is 0 Å². The van der Waals surface area contributed by atoms with Crippen LogP contribution in [0.4, 0.5) is 10.8 Å². The SMILES string of the molecule is O=C(/C=C/c1cc2c(cc1[N+](=O)[O-])OCO2)Nc1nc(-c2c[nH]c3ccccc23)cs1. The van der Waals surface area contributed by atoms with E-state index in [1.54, 1.807) is 0 Å². The van der Waals surface area contributed by atoms with E-state index in [9.17, 15) is 14.9 Å². The van der Waals surface area contributed by atoms with Crippen LogP contribution in [0.5, 0.6) is 11.5 Å². The van der Waals surface area contributed by atoms with Crippen molar-refractivity contribution in [1.82, 2.24) is 9.97 Å². The number of nitrogens with one attached hydrogen (secondary N) is 2. The molecule has 154 valence electrons. The van der Waals surface area contributed by atoms with Gasteiger partial charge in [-0.15, -0.1) is 11.3 Å². The molecule has 0 unspecified atom stereocenters. The van der Waals surface area contributed by atoms with Crippen molar-refractivity contribution in [1.29, 1.82) is 0 Å². The lowest BCUT2D eigenvalue weighted by atomic mass is 10.1. The van der Waals surface area contributed by atoms with Gasteiger partial charge in [0.2, 0.25) is 12.7 Å². The minimum absolute atomic E-state index is 0.00293. The number of benzene rings is 2. The van der Waals surface area contributed by atoms with Gasteiger partial charge in [0.25, 0.3) is 5.69 Å². The van der Waals surface area contributed by atoms with Crippen LogP contribution in [0.1, 0.15) is 5.56 Å². The third-order valence-corrected chi connectivity index (χ3v) is 5.49. The molecule has 3 heterocycles. The molecule has 4 aromatic rings. The molecule has 2 aromatic carbocycles. The maximum Gasteiger partial charge on any atom is 0.280 e. The number of thiazole rings is 1. The molecule has 1 aliphatic rings. The summed E-state index contributed by atoms with van der Waals surface area (Å²) in [6.45, 7) is 0.00293. The van der Waals surface area contributed by atoms with Gasteiger partial charge in [-0.2, -0.15) is 0 Å². The van der Waals surface area contributed by atoms with Crippen LogP contribution in [0, 0.1) is 10.1 Å². The Hall–Kier alpha value is -4.18. The average molecular weight is 434 g/mol. The molecule has 0 fully saturated rings. The third kappa shape index (κ3) is 3.60. The van der Waals surface area contributed by atoms with Gasteiger partial charge in [0, 0.05) is 34.1 Å². The molecule has 0 bridgehead atoms. The zero-order valence-corrected chi connectivity index (χ0v) is 16.6. The maximum absolute atomic E-state index is 12.3. The van der Waals surface area contributed by atoms with E-state index in [0.29, 0.717) is 16.6 Å². The summed E-state index contributed by atoms with van der Waals surface area (Å²) in [4.78, 5) is 30.8. The molecule has 0 atom stereocenters. The van der Waals surface area contributed by atoms with Gasteiger partial charge in [0.1, 0.15) is 0 Å². The number of carbonyl (C=O) groups excluding carboxylic acids is 1. The number of aromatic amines is 1. The summed E-state index contributed by atoms with van der Waals surface area (Å²) in [7, 11) is 0. The summed E-state index contributed by atoms with van der Waals surface area (Å²) in [5, 5.41) is 17.3. The van der Waals surface area contributed by atoms with Gasteiger partial charge in [-0.05, 0) is 18.2 Å². The number of amides is 1. The molecule has 31 heavy (non-hydrogen) atoms.